The summed E-state index contributed by atoms with van der Waals surface area (Å²) in [5.74, 6) is -0.226. The minimum absolute atomic E-state index is 0.226. The first-order chi connectivity index (χ1) is 10.8. The molecular weight excluding hydrogens is 277 g/mol. The zero-order valence-electron chi connectivity index (χ0n) is 11.8. The molecule has 1 N–H and O–H groups in total. The van der Waals surface area contributed by atoms with Crippen LogP contribution in [0.1, 0.15) is 5.56 Å². The smallest absolute Gasteiger partial charge is 0.123 e. The van der Waals surface area contributed by atoms with Gasteiger partial charge in [-0.1, -0.05) is 12.1 Å². The van der Waals surface area contributed by atoms with Crippen molar-refractivity contribution < 1.29 is 4.39 Å². The molecule has 2 aromatic heterocycles. The number of H-pyrrole nitrogens is 1. The van der Waals surface area contributed by atoms with Crippen molar-refractivity contribution in [2.24, 2.45) is 0 Å². The van der Waals surface area contributed by atoms with Gasteiger partial charge in [-0.2, -0.15) is 5.10 Å². The van der Waals surface area contributed by atoms with Gasteiger partial charge in [-0.05, 0) is 47.5 Å². The Bertz CT molecular complexity index is 919. The van der Waals surface area contributed by atoms with Gasteiger partial charge in [0.1, 0.15) is 5.82 Å². The zero-order valence-corrected chi connectivity index (χ0v) is 11.8. The molecule has 4 aromatic rings. The van der Waals surface area contributed by atoms with Gasteiger partial charge in [-0.25, -0.2) is 4.39 Å². The number of nitrogens with zero attached hydrogens (tertiary/aromatic N) is 2. The topological polar surface area (TPSA) is 33.6 Å². The van der Waals surface area contributed by atoms with Crippen molar-refractivity contribution in [1.82, 2.24) is 14.8 Å². The Morgan fingerprint density at radius 1 is 1.14 bits per heavy atom. The van der Waals surface area contributed by atoms with Crippen LogP contribution in [0.5, 0.6) is 0 Å². The first kappa shape index (κ1) is 12.8. The average Bonchev–Trinajstić information content (AvgIpc) is 3.17. The van der Waals surface area contributed by atoms with Gasteiger partial charge in [0.05, 0.1) is 11.7 Å². The van der Waals surface area contributed by atoms with E-state index < -0.39 is 0 Å². The number of nitrogens with one attached hydrogen (secondary N) is 1. The second-order valence-electron chi connectivity index (χ2n) is 5.25. The Kier molecular flexibility index (Phi) is 3.00. The minimum Gasteiger partial charge on any atom is -0.342 e. The number of fused-ring (bicyclic) bond motifs is 1. The van der Waals surface area contributed by atoms with Crippen molar-refractivity contribution in [3.05, 3.63) is 78.4 Å². The van der Waals surface area contributed by atoms with Gasteiger partial charge in [0.25, 0.3) is 0 Å². The van der Waals surface area contributed by atoms with Gasteiger partial charge in [0.2, 0.25) is 0 Å². The number of aromatic amines is 1. The Morgan fingerprint density at radius 2 is 2.00 bits per heavy atom. The lowest BCUT2D eigenvalue weighted by Crippen LogP contribution is -2.00. The Labute approximate surface area is 127 Å². The maximum atomic E-state index is 13.1. The van der Waals surface area contributed by atoms with Crippen LogP contribution in [0.3, 0.4) is 0 Å². The largest absolute Gasteiger partial charge is 0.342 e. The molecule has 0 aliphatic carbocycles. The van der Waals surface area contributed by atoms with Crippen LogP contribution in [-0.4, -0.2) is 14.8 Å². The fraction of sp³-hybridized carbons (Fsp3) is 0.0556. The second-order valence-corrected chi connectivity index (χ2v) is 5.25. The highest BCUT2D eigenvalue weighted by Crippen LogP contribution is 2.22. The van der Waals surface area contributed by atoms with Crippen molar-refractivity contribution in [2.45, 2.75) is 6.54 Å². The van der Waals surface area contributed by atoms with E-state index in [9.17, 15) is 4.39 Å². The van der Waals surface area contributed by atoms with Gasteiger partial charge in [0.15, 0.2) is 0 Å². The molecule has 107 valence electrons. The number of hydrogen-bond donors (Lipinski definition) is 1. The summed E-state index contributed by atoms with van der Waals surface area (Å²) in [7, 11) is 0. The van der Waals surface area contributed by atoms with E-state index in [1.165, 1.54) is 17.7 Å². The SMILES string of the molecule is Fc1ccc(-c2c[c]cn2Cc2ccc3cn[nH]c3c2)cc1. The van der Waals surface area contributed by atoms with Crippen molar-refractivity contribution in [3.8, 4) is 11.3 Å². The molecule has 2 heterocycles. The van der Waals surface area contributed by atoms with Gasteiger partial charge in [-0.3, -0.25) is 5.10 Å². The molecule has 2 aromatic carbocycles. The molecule has 22 heavy (non-hydrogen) atoms. The molecule has 0 unspecified atom stereocenters. The lowest BCUT2D eigenvalue weighted by atomic mass is 10.1. The van der Waals surface area contributed by atoms with Crippen LogP contribution in [0.15, 0.2) is 60.9 Å². The predicted molar refractivity (Wildman–Crippen MR) is 83.9 cm³/mol. The highest BCUT2D eigenvalue weighted by molar-refractivity contribution is 5.78. The minimum atomic E-state index is -0.226. The molecule has 0 saturated heterocycles. The molecule has 0 aliphatic rings. The molecular formula is C18H13FN3. The van der Waals surface area contributed by atoms with E-state index in [0.717, 1.165) is 28.7 Å². The lowest BCUT2D eigenvalue weighted by molar-refractivity contribution is 0.628. The van der Waals surface area contributed by atoms with E-state index in [4.69, 9.17) is 0 Å². The summed E-state index contributed by atoms with van der Waals surface area (Å²) in [6.45, 7) is 0.727. The van der Waals surface area contributed by atoms with Gasteiger partial charge in [0, 0.05) is 29.9 Å². The molecule has 3 nitrogen and oxygen atoms in total. The summed E-state index contributed by atoms with van der Waals surface area (Å²) >= 11 is 0. The van der Waals surface area contributed by atoms with E-state index in [0.29, 0.717) is 0 Å². The van der Waals surface area contributed by atoms with Crippen molar-refractivity contribution in [3.63, 3.8) is 0 Å². The number of hydrogen-bond acceptors (Lipinski definition) is 1. The monoisotopic (exact) mass is 290 g/mol. The first-order valence-electron chi connectivity index (χ1n) is 7.04. The number of rotatable bonds is 3. The van der Waals surface area contributed by atoms with Gasteiger partial charge in [-0.15, -0.1) is 0 Å². The fourth-order valence-corrected chi connectivity index (χ4v) is 2.64. The Balaban J connectivity index is 1.68. The quantitative estimate of drug-likeness (QED) is 0.607. The molecule has 4 heteroatoms. The number of benzene rings is 2. The first-order valence-corrected chi connectivity index (χ1v) is 7.04. The molecule has 0 bridgehead atoms. The third-order valence-corrected chi connectivity index (χ3v) is 3.76. The summed E-state index contributed by atoms with van der Waals surface area (Å²) in [5.41, 5.74) is 4.19. The maximum absolute atomic E-state index is 13.1. The Morgan fingerprint density at radius 3 is 2.86 bits per heavy atom. The summed E-state index contributed by atoms with van der Waals surface area (Å²) in [6.07, 6.45) is 3.72. The molecule has 0 atom stereocenters. The molecule has 1 radical (unpaired) electrons. The fourth-order valence-electron chi connectivity index (χ4n) is 2.64. The molecule has 0 amide bonds. The average molecular weight is 290 g/mol. The number of aromatic nitrogens is 3. The van der Waals surface area contributed by atoms with Crippen LogP contribution in [0.4, 0.5) is 4.39 Å². The van der Waals surface area contributed by atoms with Crippen LogP contribution in [-0.2, 0) is 6.54 Å². The zero-order chi connectivity index (χ0) is 14.9. The van der Waals surface area contributed by atoms with E-state index in [1.54, 1.807) is 12.1 Å². The van der Waals surface area contributed by atoms with Crippen LogP contribution in [0.2, 0.25) is 0 Å². The molecule has 4 rings (SSSR count). The van der Waals surface area contributed by atoms with Crippen molar-refractivity contribution >= 4 is 10.9 Å². The molecule has 0 spiro atoms. The summed E-state index contributed by atoms with van der Waals surface area (Å²) in [4.78, 5) is 0. The third kappa shape index (κ3) is 2.29. The standard InChI is InChI=1S/C18H13FN3/c19-16-7-5-14(6-8-16)18-2-1-9-22(18)12-13-3-4-15-11-20-21-17(15)10-13/h2-11H,12H2,(H,20,21). The van der Waals surface area contributed by atoms with Crippen LogP contribution >= 0.6 is 0 Å². The van der Waals surface area contributed by atoms with Crippen molar-refractivity contribution in [2.75, 3.05) is 0 Å². The van der Waals surface area contributed by atoms with E-state index in [2.05, 4.69) is 39.0 Å². The van der Waals surface area contributed by atoms with Crippen LogP contribution in [0.25, 0.3) is 22.2 Å². The maximum Gasteiger partial charge on any atom is 0.123 e. The molecule has 0 fully saturated rings. The van der Waals surface area contributed by atoms with E-state index in [-0.39, 0.29) is 5.82 Å². The van der Waals surface area contributed by atoms with Crippen LogP contribution in [0, 0.1) is 11.9 Å². The van der Waals surface area contributed by atoms with E-state index in [1.807, 2.05) is 18.5 Å². The van der Waals surface area contributed by atoms with Crippen LogP contribution < -0.4 is 0 Å². The summed E-state index contributed by atoms with van der Waals surface area (Å²) in [5, 5.41) is 8.12. The van der Waals surface area contributed by atoms with Gasteiger partial charge >= 0.3 is 0 Å². The summed E-state index contributed by atoms with van der Waals surface area (Å²) < 4.78 is 15.2. The lowest BCUT2D eigenvalue weighted by Gasteiger charge is -2.10. The highest BCUT2D eigenvalue weighted by atomic mass is 19.1. The predicted octanol–water partition coefficient (Wildman–Crippen LogP) is 4.02. The highest BCUT2D eigenvalue weighted by Gasteiger charge is 2.06. The molecule has 0 saturated carbocycles. The summed E-state index contributed by atoms with van der Waals surface area (Å²) in [6, 6.07) is 17.8. The third-order valence-electron chi connectivity index (χ3n) is 3.76. The normalized spacial score (nSPS) is 11.1. The van der Waals surface area contributed by atoms with Gasteiger partial charge < -0.3 is 4.57 Å². The second kappa shape index (κ2) is 5.15. The Hall–Kier alpha value is -2.88. The van der Waals surface area contributed by atoms with Crippen molar-refractivity contribution in [1.29, 1.82) is 0 Å². The molecule has 0 aliphatic heterocycles. The number of halogens is 1. The van der Waals surface area contributed by atoms with E-state index >= 15 is 0 Å².